The van der Waals surface area contributed by atoms with Gasteiger partial charge in [-0.3, -0.25) is 23.2 Å². The Kier molecular flexibility index (Phi) is 29.7. The van der Waals surface area contributed by atoms with Crippen LogP contribution in [0, 0.1) is 0 Å². The molecule has 15 nitrogen and oxygen atoms in total. The van der Waals surface area contributed by atoms with E-state index < -0.39 is 69.3 Å². The summed E-state index contributed by atoms with van der Waals surface area (Å²) in [4.78, 5) is 51.7. The van der Waals surface area contributed by atoms with Crippen LogP contribution in [0.25, 0.3) is 0 Å². The summed E-state index contributed by atoms with van der Waals surface area (Å²) in [7, 11) is -4.84. The summed E-state index contributed by atoms with van der Waals surface area (Å²) >= 11 is 0. The van der Waals surface area contributed by atoms with Crippen LogP contribution in [0.4, 0.5) is 5.82 Å². The summed E-state index contributed by atoms with van der Waals surface area (Å²) in [6.45, 7) is 2.78. The number of aliphatic hydroxyl groups excluding tert-OH is 2. The van der Waals surface area contributed by atoms with E-state index in [4.69, 9.17) is 29.0 Å². The lowest BCUT2D eigenvalue weighted by Crippen LogP contribution is -2.36. The first-order valence-corrected chi connectivity index (χ1v) is 24.8. The van der Waals surface area contributed by atoms with Crippen LogP contribution >= 0.6 is 7.82 Å². The van der Waals surface area contributed by atoms with Gasteiger partial charge in [0.15, 0.2) is 12.3 Å². The predicted molar refractivity (Wildman–Crippen MR) is 232 cm³/mol. The molecule has 1 aromatic heterocycles. The molecule has 1 saturated heterocycles. The Labute approximate surface area is 359 Å². The molecule has 0 saturated carbocycles. The smallest absolute Gasteiger partial charge is 0.462 e. The Morgan fingerprint density at radius 2 is 1.17 bits per heavy atom. The summed E-state index contributed by atoms with van der Waals surface area (Å²) < 4.78 is 40.5. The van der Waals surface area contributed by atoms with Crippen molar-refractivity contribution < 1.29 is 52.5 Å². The Hall–Kier alpha value is -2.39. The van der Waals surface area contributed by atoms with E-state index in [0.29, 0.717) is 12.8 Å². The maximum atomic E-state index is 12.9. The molecule has 6 atom stereocenters. The number of hydrogen-bond donors (Lipinski definition) is 4. The van der Waals surface area contributed by atoms with E-state index in [1.165, 1.54) is 128 Å². The lowest BCUT2D eigenvalue weighted by atomic mass is 10.0. The van der Waals surface area contributed by atoms with E-state index in [9.17, 15) is 34.1 Å². The molecule has 16 heteroatoms. The molecule has 348 valence electrons. The molecule has 1 aliphatic rings. The summed E-state index contributed by atoms with van der Waals surface area (Å²) in [5, 5.41) is 21.0. The van der Waals surface area contributed by atoms with Crippen molar-refractivity contribution in [1.29, 1.82) is 0 Å². The number of nitrogens with two attached hydrogens (primary N) is 1. The second-order valence-corrected chi connectivity index (χ2v) is 17.9. The van der Waals surface area contributed by atoms with Gasteiger partial charge in [0, 0.05) is 19.0 Å². The van der Waals surface area contributed by atoms with Crippen LogP contribution < -0.4 is 11.4 Å². The quantitative estimate of drug-likeness (QED) is 0.0277. The Balaban J connectivity index is 1.77. The minimum atomic E-state index is -4.84. The van der Waals surface area contributed by atoms with Gasteiger partial charge in [0.25, 0.3) is 0 Å². The van der Waals surface area contributed by atoms with Gasteiger partial charge in [-0.1, -0.05) is 168 Å². The number of esters is 2. The van der Waals surface area contributed by atoms with Crippen LogP contribution in [-0.4, -0.2) is 80.8 Å². The number of nitrogen functional groups attached to an aromatic ring is 1. The molecule has 0 spiro atoms. The number of ether oxygens (including phenoxy) is 3. The van der Waals surface area contributed by atoms with E-state index in [1.54, 1.807) is 0 Å². The van der Waals surface area contributed by atoms with Gasteiger partial charge in [0.1, 0.15) is 30.7 Å². The van der Waals surface area contributed by atoms with Crippen LogP contribution in [0.5, 0.6) is 0 Å². The van der Waals surface area contributed by atoms with Gasteiger partial charge in [0.05, 0.1) is 13.2 Å². The molecular weight excluding hydrogens is 793 g/mol. The third-order valence-electron chi connectivity index (χ3n) is 11.0. The van der Waals surface area contributed by atoms with E-state index in [1.807, 2.05) is 0 Å². The van der Waals surface area contributed by atoms with Gasteiger partial charge >= 0.3 is 25.5 Å². The highest BCUT2D eigenvalue weighted by atomic mass is 31.2. The zero-order valence-corrected chi connectivity index (χ0v) is 37.8. The maximum absolute atomic E-state index is 12.9. The minimum Gasteiger partial charge on any atom is -0.462 e. The van der Waals surface area contributed by atoms with Crippen LogP contribution in [0.1, 0.15) is 200 Å². The number of phosphoric acid groups is 1. The summed E-state index contributed by atoms with van der Waals surface area (Å²) in [6, 6.07) is 1.31. The third-order valence-corrected chi connectivity index (χ3v) is 11.9. The summed E-state index contributed by atoms with van der Waals surface area (Å²) in [5.41, 5.74) is 4.69. The fourth-order valence-electron chi connectivity index (χ4n) is 7.29. The number of nitrogens with zero attached hydrogens (tertiary/aromatic N) is 2. The number of phosphoric ester groups is 1. The first-order chi connectivity index (χ1) is 29.0. The molecule has 5 N–H and O–H groups in total. The van der Waals surface area contributed by atoms with E-state index in [2.05, 4.69) is 18.8 Å². The summed E-state index contributed by atoms with van der Waals surface area (Å²) in [5.74, 6) is -1.05. The lowest BCUT2D eigenvalue weighted by molar-refractivity contribution is -0.161. The average Bonchev–Trinajstić information content (AvgIpc) is 3.50. The Morgan fingerprint density at radius 1 is 0.717 bits per heavy atom. The number of hydrogen-bond acceptors (Lipinski definition) is 13. The van der Waals surface area contributed by atoms with Crippen LogP contribution in [0.2, 0.25) is 0 Å². The number of anilines is 1. The highest BCUT2D eigenvalue weighted by Gasteiger charge is 2.45. The van der Waals surface area contributed by atoms with E-state index in [0.717, 1.165) is 43.1 Å². The van der Waals surface area contributed by atoms with Crippen molar-refractivity contribution >= 4 is 25.6 Å². The molecule has 1 aromatic rings. The lowest BCUT2D eigenvalue weighted by Gasteiger charge is -2.21. The third kappa shape index (κ3) is 24.9. The molecule has 0 bridgehead atoms. The van der Waals surface area contributed by atoms with Gasteiger partial charge in [-0.05, 0) is 18.9 Å². The molecule has 1 aliphatic heterocycles. The van der Waals surface area contributed by atoms with Crippen molar-refractivity contribution in [2.45, 2.75) is 224 Å². The van der Waals surface area contributed by atoms with Crippen LogP contribution in [0.15, 0.2) is 17.1 Å². The molecule has 0 amide bonds. The molecule has 2 rings (SSSR count). The molecule has 0 aromatic carbocycles. The van der Waals surface area contributed by atoms with Gasteiger partial charge in [0.2, 0.25) is 0 Å². The SMILES string of the molecule is CCCCCCCCCCCCCCCC(=O)OC[C@H](COP(=O)(O)OC[C@H]1O[C@@H](n2ccc(N)nc2=O)[C@@H](O)[C@@H]1O)OC(=O)CCCCCCCCCCCCCCC. The fourth-order valence-corrected chi connectivity index (χ4v) is 8.06. The molecule has 1 fully saturated rings. The Morgan fingerprint density at radius 3 is 1.63 bits per heavy atom. The number of rotatable bonds is 38. The van der Waals surface area contributed by atoms with Crippen molar-refractivity contribution in [3.8, 4) is 0 Å². The first kappa shape index (κ1) is 53.7. The van der Waals surface area contributed by atoms with Crippen molar-refractivity contribution in [1.82, 2.24) is 9.55 Å². The van der Waals surface area contributed by atoms with Gasteiger partial charge < -0.3 is 35.1 Å². The zero-order chi connectivity index (χ0) is 43.9. The number of carbonyl (C=O) groups is 2. The highest BCUT2D eigenvalue weighted by molar-refractivity contribution is 7.47. The summed E-state index contributed by atoms with van der Waals surface area (Å²) in [6.07, 6.45) is 25.1. The molecule has 60 heavy (non-hydrogen) atoms. The molecular formula is C44H80N3O12P. The molecule has 0 aliphatic carbocycles. The first-order valence-electron chi connectivity index (χ1n) is 23.3. The van der Waals surface area contributed by atoms with Crippen molar-refractivity contribution in [2.75, 3.05) is 25.6 Å². The van der Waals surface area contributed by atoms with Crippen LogP contribution in [0.3, 0.4) is 0 Å². The molecule has 1 unspecified atom stereocenters. The normalized spacial score (nSPS) is 19.3. The fraction of sp³-hybridized carbons (Fsp3) is 0.864. The van der Waals surface area contributed by atoms with Gasteiger partial charge in [-0.2, -0.15) is 4.98 Å². The monoisotopic (exact) mass is 874 g/mol. The largest absolute Gasteiger partial charge is 0.472 e. The van der Waals surface area contributed by atoms with E-state index in [-0.39, 0.29) is 25.3 Å². The number of unbranched alkanes of at least 4 members (excludes halogenated alkanes) is 24. The molecule has 2 heterocycles. The predicted octanol–water partition coefficient (Wildman–Crippen LogP) is 9.00. The number of carbonyl (C=O) groups excluding carboxylic acids is 2. The highest BCUT2D eigenvalue weighted by Crippen LogP contribution is 2.44. The van der Waals surface area contributed by atoms with Crippen molar-refractivity contribution in [3.05, 3.63) is 22.7 Å². The van der Waals surface area contributed by atoms with Crippen molar-refractivity contribution in [2.24, 2.45) is 0 Å². The van der Waals surface area contributed by atoms with Crippen LogP contribution in [-0.2, 0) is 37.4 Å². The minimum absolute atomic E-state index is 0.0457. The number of aliphatic hydroxyl groups is 2. The maximum Gasteiger partial charge on any atom is 0.472 e. The second-order valence-electron chi connectivity index (χ2n) is 16.4. The standard InChI is InChI=1S/C44H80N3O12P/c1-3-5-7-9-11-13-15-17-19-21-23-25-27-29-39(48)55-33-36(58-40(49)30-28-26-24-22-20-18-16-14-12-10-8-6-4-2)34-56-60(53,54)57-35-37-41(50)42(51)43(59-37)47-32-31-38(45)46-44(47)52/h31-32,36-37,41-43,50-51H,3-30,33-35H2,1-2H3,(H,53,54)(H2,45,46,52)/t36-,37-,41-,42+,43-/m1/s1. The Bertz CT molecular complexity index is 1380. The van der Waals surface area contributed by atoms with E-state index >= 15 is 0 Å². The second kappa shape index (κ2) is 33.2. The zero-order valence-electron chi connectivity index (χ0n) is 36.9. The molecule has 0 radical (unpaired) electrons. The van der Waals surface area contributed by atoms with Gasteiger partial charge in [-0.25, -0.2) is 9.36 Å². The number of aromatic nitrogens is 2. The average molecular weight is 874 g/mol. The topological polar surface area (TPSA) is 219 Å². The van der Waals surface area contributed by atoms with Crippen molar-refractivity contribution in [3.63, 3.8) is 0 Å². The van der Waals surface area contributed by atoms with Gasteiger partial charge in [-0.15, -0.1) is 0 Å².